The van der Waals surface area contributed by atoms with Crippen LogP contribution in [0.25, 0.3) is 0 Å². The lowest BCUT2D eigenvalue weighted by atomic mass is 9.99. The first kappa shape index (κ1) is 74.2. The molecular weight excluding hydrogens is 1110 g/mol. The zero-order chi connectivity index (χ0) is 62.6. The van der Waals surface area contributed by atoms with Gasteiger partial charge in [0, 0.05) is 66.8 Å². The molecule has 22 unspecified atom stereocenters. The molecule has 3 aliphatic heterocycles. The van der Waals surface area contributed by atoms with Crippen molar-refractivity contribution in [1.82, 2.24) is 0 Å². The Morgan fingerprint density at radius 3 is 1.76 bits per heavy atom. The zero-order valence-electron chi connectivity index (χ0n) is 50.0. The van der Waals surface area contributed by atoms with Crippen molar-refractivity contribution in [3.05, 3.63) is 59.8 Å². The van der Waals surface area contributed by atoms with Crippen LogP contribution in [0.5, 0.6) is 0 Å². The minimum Gasteiger partial charge on any atom is -0.462 e. The molecule has 27 atom stereocenters. The smallest absolute Gasteiger partial charge is 0.333 e. The van der Waals surface area contributed by atoms with E-state index in [1.807, 2.05) is 13.0 Å². The molecule has 0 aromatic rings. The summed E-state index contributed by atoms with van der Waals surface area (Å²) in [4.78, 5) is 25.5. The highest BCUT2D eigenvalue weighted by molar-refractivity contribution is 5.87. The summed E-state index contributed by atoms with van der Waals surface area (Å²) in [7, 11) is 0. The van der Waals surface area contributed by atoms with Crippen molar-refractivity contribution in [3.8, 4) is 0 Å². The van der Waals surface area contributed by atoms with Gasteiger partial charge in [0.05, 0.1) is 79.9 Å². The van der Waals surface area contributed by atoms with Gasteiger partial charge in [-0.15, -0.1) is 0 Å². The second-order valence-corrected chi connectivity index (χ2v) is 24.3. The van der Waals surface area contributed by atoms with Crippen LogP contribution in [0, 0.1) is 41.4 Å². The molecule has 22 nitrogen and oxygen atoms in total. The Morgan fingerprint density at radius 1 is 0.578 bits per heavy atom. The topological polar surface area (TPSA) is 395 Å². The van der Waals surface area contributed by atoms with Crippen molar-refractivity contribution in [2.75, 3.05) is 6.61 Å². The van der Waals surface area contributed by atoms with Crippen LogP contribution in [0.3, 0.4) is 0 Å². The van der Waals surface area contributed by atoms with Crippen LogP contribution in [0.4, 0.5) is 0 Å². The highest BCUT2D eigenvalue weighted by atomic mass is 16.7. The van der Waals surface area contributed by atoms with Crippen LogP contribution < -0.4 is 0 Å². The molecule has 2 fully saturated rings. The van der Waals surface area contributed by atoms with Crippen LogP contribution >= 0.6 is 0 Å². The summed E-state index contributed by atoms with van der Waals surface area (Å²) in [5.74, 6) is -5.08. The Hall–Kier alpha value is -3.08. The van der Waals surface area contributed by atoms with Gasteiger partial charge in [-0.2, -0.15) is 0 Å². The number of esters is 2. The van der Waals surface area contributed by atoms with E-state index in [2.05, 4.69) is 0 Å². The summed E-state index contributed by atoms with van der Waals surface area (Å²) < 4.78 is 22.9. The lowest BCUT2D eigenvalue weighted by Crippen LogP contribution is -2.60. The summed E-state index contributed by atoms with van der Waals surface area (Å²) >= 11 is 0. The average Bonchev–Trinajstić information content (AvgIpc) is 4.00. The molecular formula is C61H104O22. The van der Waals surface area contributed by atoms with E-state index >= 15 is 0 Å². The molecule has 0 saturated carbocycles. The largest absolute Gasteiger partial charge is 0.462 e. The maximum Gasteiger partial charge on any atom is 0.333 e. The van der Waals surface area contributed by atoms with Crippen LogP contribution in [0.15, 0.2) is 59.8 Å². The van der Waals surface area contributed by atoms with E-state index < -0.39 is 183 Å². The molecule has 83 heavy (non-hydrogen) atoms. The third-order valence-corrected chi connectivity index (χ3v) is 17.2. The molecule has 16 N–H and O–H groups in total. The minimum atomic E-state index is -1.88. The normalized spacial score (nSPS) is 43.1. The van der Waals surface area contributed by atoms with E-state index in [0.717, 1.165) is 0 Å². The number of carbonyl (C=O) groups is 2. The first-order valence-corrected chi connectivity index (χ1v) is 29.8. The van der Waals surface area contributed by atoms with Gasteiger partial charge in [-0.25, -0.2) is 4.79 Å². The Labute approximate surface area is 490 Å². The van der Waals surface area contributed by atoms with Gasteiger partial charge in [-0.05, 0) is 76.7 Å². The number of allylic oxidation sites excluding steroid dienone is 2. The predicted molar refractivity (Wildman–Crippen MR) is 305 cm³/mol. The molecule has 2 saturated heterocycles. The van der Waals surface area contributed by atoms with Gasteiger partial charge >= 0.3 is 11.9 Å². The monoisotopic (exact) mass is 1210 g/mol. The fourth-order valence-electron chi connectivity index (χ4n) is 10.9. The second kappa shape index (κ2) is 36.3. The van der Waals surface area contributed by atoms with Gasteiger partial charge in [0.2, 0.25) is 0 Å². The molecule has 0 amide bonds. The predicted octanol–water partition coefficient (Wildman–Crippen LogP) is 1.05. The number of rotatable bonds is 5. The van der Waals surface area contributed by atoms with Gasteiger partial charge in [-0.3, -0.25) is 4.79 Å². The lowest BCUT2D eigenvalue weighted by Gasteiger charge is -2.41. The third kappa shape index (κ3) is 23.9. The molecule has 0 bridgehead atoms. The minimum absolute atomic E-state index is 0.118. The number of aliphatic hydroxyl groups is 16. The Bertz CT molecular complexity index is 2050. The van der Waals surface area contributed by atoms with Crippen LogP contribution in [-0.4, -0.2) is 223 Å². The molecule has 0 aromatic heterocycles. The quantitative estimate of drug-likeness (QED) is 0.104. The van der Waals surface area contributed by atoms with E-state index in [1.54, 1.807) is 58.9 Å². The maximum atomic E-state index is 13.5. The fourth-order valence-corrected chi connectivity index (χ4v) is 10.9. The van der Waals surface area contributed by atoms with Crippen LogP contribution in [0.2, 0.25) is 0 Å². The third-order valence-electron chi connectivity index (χ3n) is 17.2. The van der Waals surface area contributed by atoms with Crippen molar-refractivity contribution in [2.24, 2.45) is 41.4 Å². The van der Waals surface area contributed by atoms with E-state index in [4.69, 9.17) is 18.9 Å². The molecule has 0 aliphatic carbocycles. The molecule has 3 heterocycles. The van der Waals surface area contributed by atoms with Crippen LogP contribution in [-0.2, 0) is 28.5 Å². The Balaban J connectivity index is 1.88. The standard InChI is InChI=1S/C61H104O22/c1-31-14-10-11-18-45(68)36(6)55(74)32(2)15-12-16-34(4)60(79)81-49(39(9)50-22-23-53(72)80-50)19-13-17-40(63)25-41(64)27-46(69)37(7)56(75)38(8)47(70)28-42(65)26-43(66)29-48(71)51(24-35(5)54(73)33(3)20-21-44(31)67)82-61-59(78)58(77)57(76)52(30-62)83-61/h10,13-14,16-17,20-21,24,31-33,36-52,54-59,61-71,73-78H,11-12,15,18-19,22-23,25-30H2,1-9H3/t31?,32?,33?,36?,37?,38?,39?,40?,41?,42?,43?,44?,45?,46?,47?,48?,49?,50?,51?,52-,54?,55?,56?,57-,58+,59+,61+/m1/s1/i11+1,13+1,14+1,15+1,16+1,20+1,24+1,40+1,41+1,42+1,43+1,44+1,45+1,46+1,47+1,48+1,49+1,54+1,55+1,56+1,60+1. The van der Waals surface area contributed by atoms with Crippen molar-refractivity contribution in [2.45, 2.75) is 262 Å². The summed E-state index contributed by atoms with van der Waals surface area (Å²) in [6.07, 6.45) is -13.0. The summed E-state index contributed by atoms with van der Waals surface area (Å²) in [6.45, 7) is 14.2. The average molecular weight is 1210 g/mol. The highest BCUT2D eigenvalue weighted by Gasteiger charge is 2.46. The zero-order valence-corrected chi connectivity index (χ0v) is 50.0. The number of hydrogen-bond donors (Lipinski definition) is 16. The fraction of sp³-hybridized carbons (Fsp3) is 0.803. The van der Waals surface area contributed by atoms with Gasteiger partial charge in [-0.1, -0.05) is 97.1 Å². The Morgan fingerprint density at radius 2 is 1.17 bits per heavy atom. The van der Waals surface area contributed by atoms with Gasteiger partial charge in [0.15, 0.2) is 6.29 Å². The molecule has 480 valence electrons. The molecule has 22 heteroatoms. The van der Waals surface area contributed by atoms with Gasteiger partial charge in [0.1, 0.15) is 42.7 Å². The number of ether oxygens (including phenoxy) is 4. The Kier molecular flexibility index (Phi) is 32.4. The first-order chi connectivity index (χ1) is 38.9. The SMILES string of the molecule is CC1=[13CH]C[13CH2]C(C)[13CH](O)C(C)[13CH](O)C[13CH2]C=[13CH]C(C)[13CH](O)C=[13CH]C(C)[13CH](O)C(C)=[13CH]C(O[C@H]2O[C@H](CO)[C@@H](O)[C@H](O)[C@@H]2O)[13CH](O)C[13CH](O)C[13CH](O)C[13CH](O)C(C)[13CH](O)C(C)[13CH](O)C[13CH](O)C[13CH](O)C=[13CH]C[13CH](C(C)C2CCC(=O)O2)O[13C]1=O. The molecule has 3 aliphatic rings. The van der Waals surface area contributed by atoms with Crippen molar-refractivity contribution >= 4 is 11.9 Å². The van der Waals surface area contributed by atoms with E-state index in [9.17, 15) is 91.3 Å². The van der Waals surface area contributed by atoms with Crippen molar-refractivity contribution < 1.29 is 110 Å². The molecule has 0 spiro atoms. The lowest BCUT2D eigenvalue weighted by molar-refractivity contribution is -0.313. The highest BCUT2D eigenvalue weighted by Crippen LogP contribution is 2.31. The maximum absolute atomic E-state index is 13.5. The van der Waals surface area contributed by atoms with Crippen molar-refractivity contribution in [1.29, 1.82) is 0 Å². The summed E-state index contributed by atoms with van der Waals surface area (Å²) in [5.41, 5.74) is 0.540. The van der Waals surface area contributed by atoms with E-state index in [0.29, 0.717) is 37.7 Å². The number of hydrogen-bond acceptors (Lipinski definition) is 22. The van der Waals surface area contributed by atoms with E-state index in [1.165, 1.54) is 39.0 Å². The molecule has 0 aromatic carbocycles. The van der Waals surface area contributed by atoms with Crippen molar-refractivity contribution in [3.63, 3.8) is 0 Å². The molecule has 0 radical (unpaired) electrons. The summed E-state index contributed by atoms with van der Waals surface area (Å²) in [6, 6.07) is 0. The number of cyclic esters (lactones) is 2. The molecule has 3 rings (SSSR count). The van der Waals surface area contributed by atoms with Gasteiger partial charge < -0.3 is 101 Å². The second-order valence-electron chi connectivity index (χ2n) is 24.3. The van der Waals surface area contributed by atoms with E-state index in [-0.39, 0.29) is 49.6 Å². The number of aliphatic hydroxyl groups excluding tert-OH is 16. The van der Waals surface area contributed by atoms with Gasteiger partial charge in [0.25, 0.3) is 0 Å². The summed E-state index contributed by atoms with van der Waals surface area (Å²) in [5, 5.41) is 175. The first-order valence-electron chi connectivity index (χ1n) is 29.8. The van der Waals surface area contributed by atoms with Crippen LogP contribution in [0.1, 0.15) is 139 Å². The number of carbonyl (C=O) groups excluding carboxylic acids is 2.